The number of carboxylic acids is 1. The van der Waals surface area contributed by atoms with Crippen molar-refractivity contribution in [3.63, 3.8) is 0 Å². The van der Waals surface area contributed by atoms with E-state index >= 15 is 0 Å². The predicted molar refractivity (Wildman–Crippen MR) is 147 cm³/mol. The highest BCUT2D eigenvalue weighted by atomic mass is 16.4. The standard InChI is InChI=1S/C23H47N11O5/c1-13(2)17(25)20(37)33-15(8-5-11-30-22(26)27)18(35)32-14(7-3-4-10-24)19(36)34-16(21(38)39)9-6-12-31-23(28)29/h13-17H,3-12,24-25H2,1-2H3,(H,32,35)(H,33,37)(H,34,36)(H,38,39)(H4,26,27,30)(H4,28,29,31)/t14-,15-,16-,17-/m0/s1. The highest BCUT2D eigenvalue weighted by molar-refractivity contribution is 5.94. The van der Waals surface area contributed by atoms with Crippen LogP contribution in [0.4, 0.5) is 0 Å². The largest absolute Gasteiger partial charge is 0.480 e. The van der Waals surface area contributed by atoms with Gasteiger partial charge in [0.05, 0.1) is 6.04 Å². The number of nitrogens with two attached hydrogens (primary N) is 4. The smallest absolute Gasteiger partial charge is 0.326 e. The second kappa shape index (κ2) is 19.4. The number of aliphatic carboxylic acids is 1. The summed E-state index contributed by atoms with van der Waals surface area (Å²) in [6.07, 6.45) is 2.20. The first kappa shape index (κ1) is 35.3. The summed E-state index contributed by atoms with van der Waals surface area (Å²) in [4.78, 5) is 50.6. The van der Waals surface area contributed by atoms with E-state index in [0.717, 1.165) is 0 Å². The molecule has 224 valence electrons. The quantitative estimate of drug-likeness (QED) is 0.0411. The van der Waals surface area contributed by atoms with Crippen LogP contribution < -0.4 is 49.5 Å². The van der Waals surface area contributed by atoms with Crippen LogP contribution in [0.3, 0.4) is 0 Å². The Bertz CT molecular complexity index is 824. The Kier molecular flexibility index (Phi) is 17.6. The fourth-order valence-electron chi connectivity index (χ4n) is 3.46. The van der Waals surface area contributed by atoms with E-state index in [9.17, 15) is 24.3 Å². The number of nitrogens with one attached hydrogen (secondary N) is 7. The summed E-state index contributed by atoms with van der Waals surface area (Å²) in [5.74, 6) is -3.75. The molecule has 0 fully saturated rings. The van der Waals surface area contributed by atoms with Crippen molar-refractivity contribution < 1.29 is 24.3 Å². The van der Waals surface area contributed by atoms with Gasteiger partial charge in [-0.25, -0.2) is 4.79 Å². The van der Waals surface area contributed by atoms with E-state index in [0.29, 0.717) is 32.2 Å². The van der Waals surface area contributed by atoms with Crippen LogP contribution in [0, 0.1) is 16.7 Å². The maximum Gasteiger partial charge on any atom is 0.326 e. The van der Waals surface area contributed by atoms with Crippen LogP contribution in [0.1, 0.15) is 58.8 Å². The van der Waals surface area contributed by atoms with E-state index in [2.05, 4.69) is 26.6 Å². The Morgan fingerprint density at radius 2 is 1.13 bits per heavy atom. The van der Waals surface area contributed by atoms with Crippen LogP contribution in [0.25, 0.3) is 0 Å². The maximum atomic E-state index is 13.2. The molecule has 0 saturated carbocycles. The van der Waals surface area contributed by atoms with Crippen LogP contribution >= 0.6 is 0 Å². The van der Waals surface area contributed by atoms with Crippen molar-refractivity contribution in [2.24, 2.45) is 28.9 Å². The van der Waals surface area contributed by atoms with Gasteiger partial charge in [-0.05, 0) is 57.4 Å². The molecule has 0 aromatic rings. The maximum absolute atomic E-state index is 13.2. The minimum absolute atomic E-state index is 0.0692. The molecule has 0 aliphatic rings. The van der Waals surface area contributed by atoms with Gasteiger partial charge in [0.1, 0.15) is 18.1 Å². The zero-order valence-corrected chi connectivity index (χ0v) is 22.8. The Balaban J connectivity index is 5.55. The number of carbonyl (C=O) groups is 4. The van der Waals surface area contributed by atoms with Gasteiger partial charge >= 0.3 is 5.97 Å². The second-order valence-electron chi connectivity index (χ2n) is 9.54. The third-order valence-electron chi connectivity index (χ3n) is 5.82. The SMILES string of the molecule is CC(C)[C@H](N)C(=O)N[C@@H](CCCNC(=N)N)C(=O)N[C@@H](CCCCN)C(=O)N[C@@H](CCCNC(=N)N)C(=O)O. The molecule has 3 amide bonds. The van der Waals surface area contributed by atoms with E-state index < -0.39 is 47.9 Å². The lowest BCUT2D eigenvalue weighted by Crippen LogP contribution is -2.57. The molecule has 0 radical (unpaired) electrons. The van der Waals surface area contributed by atoms with Crippen molar-refractivity contribution in [3.05, 3.63) is 0 Å². The molecule has 0 aliphatic heterocycles. The van der Waals surface area contributed by atoms with Gasteiger partial charge < -0.3 is 54.6 Å². The van der Waals surface area contributed by atoms with Gasteiger partial charge in [0.2, 0.25) is 17.7 Å². The highest BCUT2D eigenvalue weighted by Crippen LogP contribution is 2.07. The minimum atomic E-state index is -1.25. The zero-order chi connectivity index (χ0) is 30.0. The molecule has 16 heteroatoms. The summed E-state index contributed by atoms with van der Waals surface area (Å²) < 4.78 is 0. The molecular formula is C23H47N11O5. The van der Waals surface area contributed by atoms with Crippen molar-refractivity contribution >= 4 is 35.6 Å². The van der Waals surface area contributed by atoms with Gasteiger partial charge in [-0.15, -0.1) is 0 Å². The average Bonchev–Trinajstić information content (AvgIpc) is 2.85. The summed E-state index contributed by atoms with van der Waals surface area (Å²) >= 11 is 0. The molecule has 0 aromatic heterocycles. The van der Waals surface area contributed by atoms with Crippen molar-refractivity contribution in [2.75, 3.05) is 19.6 Å². The molecule has 16 N–H and O–H groups in total. The number of carboxylic acid groups (broad SMARTS) is 1. The lowest BCUT2D eigenvalue weighted by atomic mass is 10.0. The first-order chi connectivity index (χ1) is 18.3. The zero-order valence-electron chi connectivity index (χ0n) is 22.8. The Labute approximate surface area is 229 Å². The van der Waals surface area contributed by atoms with Crippen LogP contribution in [-0.2, 0) is 19.2 Å². The lowest BCUT2D eigenvalue weighted by molar-refractivity contribution is -0.142. The summed E-state index contributed by atoms with van der Waals surface area (Å²) in [5, 5.41) is 36.9. The fourth-order valence-corrected chi connectivity index (χ4v) is 3.46. The minimum Gasteiger partial charge on any atom is -0.480 e. The Morgan fingerprint density at radius 1 is 0.718 bits per heavy atom. The van der Waals surface area contributed by atoms with Crippen molar-refractivity contribution in [3.8, 4) is 0 Å². The van der Waals surface area contributed by atoms with Gasteiger partial charge in [0.25, 0.3) is 0 Å². The number of carbonyl (C=O) groups excluding carboxylic acids is 3. The molecule has 0 bridgehead atoms. The van der Waals surface area contributed by atoms with Gasteiger partial charge in [-0.1, -0.05) is 13.8 Å². The number of hydrogen-bond donors (Lipinski definition) is 12. The van der Waals surface area contributed by atoms with Gasteiger partial charge in [-0.3, -0.25) is 25.2 Å². The van der Waals surface area contributed by atoms with Gasteiger partial charge in [-0.2, -0.15) is 0 Å². The third kappa shape index (κ3) is 16.0. The van der Waals surface area contributed by atoms with Crippen molar-refractivity contribution in [1.29, 1.82) is 10.8 Å². The molecule has 0 aromatic carbocycles. The number of rotatable bonds is 20. The summed E-state index contributed by atoms with van der Waals surface area (Å²) in [5.41, 5.74) is 22.0. The molecule has 0 spiro atoms. The number of hydrogen-bond acceptors (Lipinski definition) is 8. The highest BCUT2D eigenvalue weighted by Gasteiger charge is 2.30. The fraction of sp³-hybridized carbons (Fsp3) is 0.739. The molecule has 0 aliphatic carbocycles. The molecule has 16 nitrogen and oxygen atoms in total. The van der Waals surface area contributed by atoms with Crippen LogP contribution in [-0.4, -0.2) is 84.5 Å². The van der Waals surface area contributed by atoms with Crippen LogP contribution in [0.5, 0.6) is 0 Å². The summed E-state index contributed by atoms with van der Waals surface area (Å²) in [6.45, 7) is 4.44. The predicted octanol–water partition coefficient (Wildman–Crippen LogP) is -2.84. The van der Waals surface area contributed by atoms with Gasteiger partial charge in [0.15, 0.2) is 11.9 Å². The first-order valence-electron chi connectivity index (χ1n) is 13.0. The second-order valence-corrected chi connectivity index (χ2v) is 9.54. The third-order valence-corrected chi connectivity index (χ3v) is 5.82. The van der Waals surface area contributed by atoms with E-state index in [1.54, 1.807) is 13.8 Å². The number of unbranched alkanes of at least 4 members (excludes halogenated alkanes) is 1. The summed E-state index contributed by atoms with van der Waals surface area (Å²) in [6, 6.07) is -4.19. The molecule has 0 heterocycles. The van der Waals surface area contributed by atoms with Crippen LogP contribution in [0.15, 0.2) is 0 Å². The van der Waals surface area contributed by atoms with E-state index in [1.807, 2.05) is 0 Å². The molecule has 39 heavy (non-hydrogen) atoms. The number of guanidine groups is 2. The number of amides is 3. The van der Waals surface area contributed by atoms with E-state index in [-0.39, 0.29) is 50.2 Å². The monoisotopic (exact) mass is 557 g/mol. The Morgan fingerprint density at radius 3 is 1.54 bits per heavy atom. The van der Waals surface area contributed by atoms with Crippen LogP contribution in [0.2, 0.25) is 0 Å². The van der Waals surface area contributed by atoms with E-state index in [1.165, 1.54) is 0 Å². The van der Waals surface area contributed by atoms with Gasteiger partial charge in [0, 0.05) is 13.1 Å². The lowest BCUT2D eigenvalue weighted by Gasteiger charge is -2.26. The molecular weight excluding hydrogens is 510 g/mol. The molecule has 0 unspecified atom stereocenters. The first-order valence-corrected chi connectivity index (χ1v) is 13.0. The van der Waals surface area contributed by atoms with Crippen molar-refractivity contribution in [2.45, 2.75) is 83.0 Å². The summed E-state index contributed by atoms with van der Waals surface area (Å²) in [7, 11) is 0. The molecule has 0 rings (SSSR count). The molecule has 4 atom stereocenters. The normalized spacial score (nSPS) is 13.9. The molecule has 0 saturated heterocycles. The average molecular weight is 558 g/mol. The Hall–Kier alpha value is -3.66. The topological polar surface area (TPSA) is 300 Å². The van der Waals surface area contributed by atoms with Crippen molar-refractivity contribution in [1.82, 2.24) is 26.6 Å². The van der Waals surface area contributed by atoms with E-state index in [4.69, 9.17) is 33.8 Å².